The van der Waals surface area contributed by atoms with E-state index in [1.54, 1.807) is 24.0 Å². The van der Waals surface area contributed by atoms with E-state index in [-0.39, 0.29) is 0 Å². The van der Waals surface area contributed by atoms with Gasteiger partial charge in [-0.05, 0) is 25.5 Å². The number of pyridine rings is 1. The maximum Gasteiger partial charge on any atom is 0.189 e. The second kappa shape index (κ2) is 5.63. The third kappa shape index (κ3) is 3.71. The Bertz CT molecular complexity index is 467. The van der Waals surface area contributed by atoms with Gasteiger partial charge >= 0.3 is 0 Å². The molecular formula is C12H14N4S. The van der Waals surface area contributed by atoms with Crippen LogP contribution in [0.2, 0.25) is 0 Å². The van der Waals surface area contributed by atoms with E-state index in [1.807, 2.05) is 25.1 Å². The van der Waals surface area contributed by atoms with Gasteiger partial charge in [0.2, 0.25) is 0 Å². The van der Waals surface area contributed by atoms with Crippen molar-refractivity contribution in [2.24, 2.45) is 0 Å². The van der Waals surface area contributed by atoms with Gasteiger partial charge in [-0.25, -0.2) is 9.97 Å². The molecule has 0 atom stereocenters. The fraction of sp³-hybridized carbons (Fsp3) is 0.250. The number of nitrogen functional groups attached to an aromatic ring is 1. The number of hydrogen-bond donors (Lipinski definition) is 1. The molecule has 0 saturated carbocycles. The van der Waals surface area contributed by atoms with E-state index in [0.29, 0.717) is 5.82 Å². The van der Waals surface area contributed by atoms with Gasteiger partial charge in [-0.2, -0.15) is 0 Å². The van der Waals surface area contributed by atoms with Crippen molar-refractivity contribution >= 4 is 17.6 Å². The highest BCUT2D eigenvalue weighted by Gasteiger charge is 2.01. The minimum absolute atomic E-state index is 0.526. The van der Waals surface area contributed by atoms with Crippen molar-refractivity contribution in [3.05, 3.63) is 41.9 Å². The van der Waals surface area contributed by atoms with Gasteiger partial charge in [0, 0.05) is 29.4 Å². The molecule has 2 rings (SSSR count). The normalized spacial score (nSPS) is 10.4. The van der Waals surface area contributed by atoms with E-state index in [9.17, 15) is 0 Å². The van der Waals surface area contributed by atoms with Crippen LogP contribution in [0.25, 0.3) is 0 Å². The number of nitrogens with zero attached hydrogens (tertiary/aromatic N) is 3. The molecule has 0 aliphatic carbocycles. The van der Waals surface area contributed by atoms with E-state index in [2.05, 4.69) is 15.0 Å². The minimum atomic E-state index is 0.526. The summed E-state index contributed by atoms with van der Waals surface area (Å²) in [6.45, 7) is 1.92. The fourth-order valence-corrected chi connectivity index (χ4v) is 2.29. The van der Waals surface area contributed by atoms with E-state index < -0.39 is 0 Å². The Morgan fingerprint density at radius 1 is 1.29 bits per heavy atom. The summed E-state index contributed by atoms with van der Waals surface area (Å²) in [5.41, 5.74) is 7.65. The molecule has 88 valence electrons. The van der Waals surface area contributed by atoms with Gasteiger partial charge in [-0.15, -0.1) is 0 Å². The fourth-order valence-electron chi connectivity index (χ4n) is 1.42. The van der Waals surface area contributed by atoms with Crippen LogP contribution in [0, 0.1) is 6.92 Å². The summed E-state index contributed by atoms with van der Waals surface area (Å²) >= 11 is 1.60. The molecule has 5 heteroatoms. The van der Waals surface area contributed by atoms with Crippen LogP contribution < -0.4 is 5.73 Å². The van der Waals surface area contributed by atoms with Crippen LogP contribution in [-0.2, 0) is 6.42 Å². The van der Waals surface area contributed by atoms with Crippen molar-refractivity contribution in [3.8, 4) is 0 Å². The number of thioether (sulfide) groups is 1. The van der Waals surface area contributed by atoms with Crippen LogP contribution in [0.3, 0.4) is 0 Å². The monoisotopic (exact) mass is 246 g/mol. The molecule has 0 amide bonds. The number of hydrogen-bond acceptors (Lipinski definition) is 5. The molecule has 0 radical (unpaired) electrons. The molecule has 2 N–H and O–H groups in total. The van der Waals surface area contributed by atoms with Crippen LogP contribution in [0.1, 0.15) is 11.4 Å². The number of aryl methyl sites for hydroxylation is 2. The van der Waals surface area contributed by atoms with Crippen molar-refractivity contribution < 1.29 is 0 Å². The lowest BCUT2D eigenvalue weighted by molar-refractivity contribution is 0.936. The summed E-state index contributed by atoms with van der Waals surface area (Å²) in [6, 6.07) is 7.70. The van der Waals surface area contributed by atoms with Gasteiger partial charge in [0.25, 0.3) is 0 Å². The highest BCUT2D eigenvalue weighted by Crippen LogP contribution is 2.16. The Morgan fingerprint density at radius 2 is 2.18 bits per heavy atom. The highest BCUT2D eigenvalue weighted by atomic mass is 32.2. The zero-order valence-electron chi connectivity index (χ0n) is 9.63. The van der Waals surface area contributed by atoms with Gasteiger partial charge in [0.05, 0.1) is 0 Å². The maximum atomic E-state index is 5.67. The lowest BCUT2D eigenvalue weighted by atomic mass is 10.3. The van der Waals surface area contributed by atoms with Crippen molar-refractivity contribution in [1.82, 2.24) is 15.0 Å². The molecule has 0 aliphatic rings. The van der Waals surface area contributed by atoms with Crippen LogP contribution in [-0.4, -0.2) is 20.7 Å². The zero-order chi connectivity index (χ0) is 12.1. The second-order valence-corrected chi connectivity index (χ2v) is 4.70. The second-order valence-electron chi connectivity index (χ2n) is 3.64. The maximum absolute atomic E-state index is 5.67. The van der Waals surface area contributed by atoms with Gasteiger partial charge in [-0.1, -0.05) is 17.8 Å². The largest absolute Gasteiger partial charge is 0.384 e. The Labute approximate surface area is 105 Å². The van der Waals surface area contributed by atoms with Gasteiger partial charge in [0.15, 0.2) is 5.16 Å². The average molecular weight is 246 g/mol. The van der Waals surface area contributed by atoms with Crippen LogP contribution in [0.5, 0.6) is 0 Å². The molecule has 4 nitrogen and oxygen atoms in total. The Morgan fingerprint density at radius 3 is 2.88 bits per heavy atom. The number of anilines is 1. The molecule has 0 aromatic carbocycles. The predicted octanol–water partition coefficient (Wildman–Crippen LogP) is 2.10. The summed E-state index contributed by atoms with van der Waals surface area (Å²) in [6.07, 6.45) is 2.71. The topological polar surface area (TPSA) is 64.7 Å². The molecule has 2 aromatic heterocycles. The lowest BCUT2D eigenvalue weighted by Crippen LogP contribution is -1.98. The molecule has 0 saturated heterocycles. The summed E-state index contributed by atoms with van der Waals surface area (Å²) in [7, 11) is 0. The Hall–Kier alpha value is -1.62. The first-order valence-electron chi connectivity index (χ1n) is 5.38. The van der Waals surface area contributed by atoms with Gasteiger partial charge in [-0.3, -0.25) is 4.98 Å². The Balaban J connectivity index is 1.90. The standard InChI is InChI=1S/C12H14N4S/c1-9-8-11(13)16-12(15-9)17-7-5-10-4-2-3-6-14-10/h2-4,6,8H,5,7H2,1H3,(H2,13,15,16). The number of nitrogens with two attached hydrogens (primary N) is 1. The molecular weight excluding hydrogens is 232 g/mol. The first-order chi connectivity index (χ1) is 8.24. The highest BCUT2D eigenvalue weighted by molar-refractivity contribution is 7.99. The van der Waals surface area contributed by atoms with Crippen molar-refractivity contribution in [2.75, 3.05) is 11.5 Å². The molecule has 17 heavy (non-hydrogen) atoms. The number of aromatic nitrogens is 3. The minimum Gasteiger partial charge on any atom is -0.384 e. The summed E-state index contributed by atoms with van der Waals surface area (Å²) in [5.74, 6) is 1.43. The summed E-state index contributed by atoms with van der Waals surface area (Å²) in [4.78, 5) is 12.8. The molecule has 0 spiro atoms. The SMILES string of the molecule is Cc1cc(N)nc(SCCc2ccccn2)n1. The van der Waals surface area contributed by atoms with Crippen molar-refractivity contribution in [1.29, 1.82) is 0 Å². The van der Waals surface area contributed by atoms with Gasteiger partial charge < -0.3 is 5.73 Å². The van der Waals surface area contributed by atoms with Gasteiger partial charge in [0.1, 0.15) is 5.82 Å². The number of rotatable bonds is 4. The van der Waals surface area contributed by atoms with Crippen molar-refractivity contribution in [2.45, 2.75) is 18.5 Å². The molecule has 0 fully saturated rings. The quantitative estimate of drug-likeness (QED) is 0.661. The van der Waals surface area contributed by atoms with Crippen LogP contribution in [0.15, 0.2) is 35.6 Å². The van der Waals surface area contributed by atoms with Crippen LogP contribution >= 0.6 is 11.8 Å². The molecule has 0 aliphatic heterocycles. The average Bonchev–Trinajstić information content (AvgIpc) is 2.29. The summed E-state index contributed by atoms with van der Waals surface area (Å²) in [5, 5.41) is 0.735. The van der Waals surface area contributed by atoms with E-state index in [4.69, 9.17) is 5.73 Å². The van der Waals surface area contributed by atoms with Crippen LogP contribution in [0.4, 0.5) is 5.82 Å². The molecule has 2 heterocycles. The molecule has 2 aromatic rings. The van der Waals surface area contributed by atoms with Crippen molar-refractivity contribution in [3.63, 3.8) is 0 Å². The molecule has 0 unspecified atom stereocenters. The van der Waals surface area contributed by atoms with E-state index >= 15 is 0 Å². The smallest absolute Gasteiger partial charge is 0.189 e. The predicted molar refractivity (Wildman–Crippen MR) is 69.8 cm³/mol. The molecule has 0 bridgehead atoms. The first-order valence-corrected chi connectivity index (χ1v) is 6.36. The third-order valence-corrected chi connectivity index (χ3v) is 3.02. The zero-order valence-corrected chi connectivity index (χ0v) is 10.4. The Kier molecular flexibility index (Phi) is 3.93. The third-order valence-electron chi connectivity index (χ3n) is 2.17. The lowest BCUT2D eigenvalue weighted by Gasteiger charge is -2.02. The first kappa shape index (κ1) is 11.9. The summed E-state index contributed by atoms with van der Waals surface area (Å²) < 4.78 is 0. The van der Waals surface area contributed by atoms with E-state index in [0.717, 1.165) is 28.7 Å². The van der Waals surface area contributed by atoms with E-state index in [1.165, 1.54) is 0 Å².